The summed E-state index contributed by atoms with van der Waals surface area (Å²) in [5, 5.41) is 0. The molecule has 0 bridgehead atoms. The third-order valence-corrected chi connectivity index (χ3v) is 7.00. The molecule has 2 N–H and O–H groups in total. The van der Waals surface area contributed by atoms with Crippen LogP contribution in [0.3, 0.4) is 0 Å². The maximum atomic E-state index is 6.64. The first-order valence-electron chi connectivity index (χ1n) is 12.5. The van der Waals surface area contributed by atoms with Crippen molar-refractivity contribution in [2.24, 2.45) is 5.73 Å². The number of nitrogens with two attached hydrogens (primary N) is 1. The van der Waals surface area contributed by atoms with Gasteiger partial charge in [0.2, 0.25) is 0 Å². The third-order valence-electron chi connectivity index (χ3n) is 7.00. The van der Waals surface area contributed by atoms with Gasteiger partial charge in [-0.1, -0.05) is 88.2 Å². The maximum Gasteiger partial charge on any atom is 0.0258 e. The number of rotatable bonds is 11. The molecule has 168 valence electrons. The quantitative estimate of drug-likeness (QED) is 0.415. The van der Waals surface area contributed by atoms with E-state index in [1.807, 2.05) is 0 Å². The van der Waals surface area contributed by atoms with Crippen molar-refractivity contribution in [3.8, 4) is 0 Å². The van der Waals surface area contributed by atoms with Gasteiger partial charge < -0.3 is 10.6 Å². The van der Waals surface area contributed by atoms with Gasteiger partial charge in [0.1, 0.15) is 0 Å². The molecule has 0 aliphatic carbocycles. The monoisotopic (exact) mass is 418 g/mol. The summed E-state index contributed by atoms with van der Waals surface area (Å²) in [4.78, 5) is 2.49. The van der Waals surface area contributed by atoms with Gasteiger partial charge in [0, 0.05) is 30.7 Å². The van der Waals surface area contributed by atoms with Gasteiger partial charge in [0.05, 0.1) is 0 Å². The minimum absolute atomic E-state index is 0.235. The number of unbranched alkanes of at least 4 members (excludes halogenated alkanes) is 3. The average molecular weight is 419 g/mol. The van der Waals surface area contributed by atoms with Gasteiger partial charge in [-0.3, -0.25) is 0 Å². The lowest BCUT2D eigenvalue weighted by atomic mass is 9.84. The van der Waals surface area contributed by atoms with E-state index in [0.29, 0.717) is 5.92 Å². The molecule has 1 saturated heterocycles. The van der Waals surface area contributed by atoms with E-state index < -0.39 is 0 Å². The van der Waals surface area contributed by atoms with Crippen LogP contribution in [0.5, 0.6) is 0 Å². The Kier molecular flexibility index (Phi) is 9.21. The van der Waals surface area contributed by atoms with Crippen LogP contribution in [0.25, 0.3) is 0 Å². The molecule has 1 aliphatic heterocycles. The summed E-state index contributed by atoms with van der Waals surface area (Å²) in [6.45, 7) is 11.0. The van der Waals surface area contributed by atoms with E-state index in [9.17, 15) is 0 Å². The Morgan fingerprint density at radius 2 is 1.81 bits per heavy atom. The molecule has 1 fully saturated rings. The minimum Gasteiger partial charge on any atom is -0.375 e. The highest BCUT2D eigenvalue weighted by atomic mass is 15.1. The van der Waals surface area contributed by atoms with Crippen molar-refractivity contribution in [3.05, 3.63) is 83.1 Å². The Morgan fingerprint density at radius 3 is 2.55 bits per heavy atom. The van der Waals surface area contributed by atoms with Gasteiger partial charge in [-0.25, -0.2) is 0 Å². The van der Waals surface area contributed by atoms with Crippen LogP contribution in [0, 0.1) is 0 Å². The van der Waals surface area contributed by atoms with Crippen molar-refractivity contribution < 1.29 is 0 Å². The first-order valence-corrected chi connectivity index (χ1v) is 12.5. The van der Waals surface area contributed by atoms with E-state index in [1.165, 1.54) is 54.5 Å². The topological polar surface area (TPSA) is 29.3 Å². The number of nitrogens with zero attached hydrogens (tertiary/aromatic N) is 1. The first-order chi connectivity index (χ1) is 15.1. The Balaban J connectivity index is 1.65. The fourth-order valence-corrected chi connectivity index (χ4v) is 4.90. The number of benzene rings is 2. The highest BCUT2D eigenvalue weighted by Crippen LogP contribution is 2.31. The smallest absolute Gasteiger partial charge is 0.0258 e. The van der Waals surface area contributed by atoms with E-state index in [4.69, 9.17) is 5.73 Å². The number of likely N-dealkylation sites (tertiary alicyclic amines) is 1. The molecule has 2 atom stereocenters. The molecule has 0 amide bonds. The van der Waals surface area contributed by atoms with E-state index in [-0.39, 0.29) is 6.04 Å². The molecule has 2 nitrogen and oxygen atoms in total. The van der Waals surface area contributed by atoms with Gasteiger partial charge in [-0.15, -0.1) is 0 Å². The van der Waals surface area contributed by atoms with Gasteiger partial charge in [0.15, 0.2) is 0 Å². The van der Waals surface area contributed by atoms with Crippen molar-refractivity contribution in [1.29, 1.82) is 0 Å². The minimum atomic E-state index is 0.235. The summed E-state index contributed by atoms with van der Waals surface area (Å²) in [7, 11) is 0. The SMILES string of the molecule is C=C(CCc1ccccc1)N1CCC(N)C(c2ccc(CC)c(CCCCCC)c2)C1. The number of aryl methyl sites for hydroxylation is 3. The Bertz CT molecular complexity index is 811. The molecule has 1 heterocycles. The molecule has 2 aromatic rings. The summed E-state index contributed by atoms with van der Waals surface area (Å²) < 4.78 is 0. The standard InChI is InChI=1S/C29H42N2/c1-4-6-7-11-14-26-21-27(18-17-25(26)5-2)28-22-31(20-19-29(28)30)23(3)15-16-24-12-9-8-10-13-24/h8-10,12-13,17-18,21,28-29H,3-7,11,14-16,19-20,22,30H2,1-2H3. The molecule has 1 aliphatic rings. The lowest BCUT2D eigenvalue weighted by Gasteiger charge is -2.39. The molecular weight excluding hydrogens is 376 g/mol. The van der Waals surface area contributed by atoms with Gasteiger partial charge >= 0.3 is 0 Å². The van der Waals surface area contributed by atoms with Crippen molar-refractivity contribution in [1.82, 2.24) is 4.90 Å². The summed E-state index contributed by atoms with van der Waals surface area (Å²) in [6.07, 6.45) is 10.7. The fourth-order valence-electron chi connectivity index (χ4n) is 4.90. The van der Waals surface area contributed by atoms with E-state index in [0.717, 1.165) is 38.8 Å². The van der Waals surface area contributed by atoms with Crippen LogP contribution in [-0.4, -0.2) is 24.0 Å². The normalized spacial score (nSPS) is 18.9. The third kappa shape index (κ3) is 6.71. The van der Waals surface area contributed by atoms with Crippen LogP contribution >= 0.6 is 0 Å². The van der Waals surface area contributed by atoms with Crippen LogP contribution in [0.15, 0.2) is 60.8 Å². The lowest BCUT2D eigenvalue weighted by molar-refractivity contribution is 0.230. The molecule has 3 rings (SSSR count). The molecule has 2 heteroatoms. The molecule has 0 saturated carbocycles. The maximum absolute atomic E-state index is 6.64. The predicted octanol–water partition coefficient (Wildman–Crippen LogP) is 6.63. The van der Waals surface area contributed by atoms with Gasteiger partial charge in [-0.2, -0.15) is 0 Å². The van der Waals surface area contributed by atoms with Crippen LogP contribution in [0.1, 0.15) is 80.5 Å². The number of piperidine rings is 1. The van der Waals surface area contributed by atoms with Crippen molar-refractivity contribution in [2.75, 3.05) is 13.1 Å². The van der Waals surface area contributed by atoms with E-state index in [1.54, 1.807) is 5.56 Å². The number of hydrogen-bond acceptors (Lipinski definition) is 2. The lowest BCUT2D eigenvalue weighted by Crippen LogP contribution is -2.45. The zero-order chi connectivity index (χ0) is 22.1. The Labute approximate surface area is 190 Å². The summed E-state index contributed by atoms with van der Waals surface area (Å²) in [6, 6.07) is 18.2. The summed E-state index contributed by atoms with van der Waals surface area (Å²) in [5.41, 5.74) is 13.8. The van der Waals surface area contributed by atoms with E-state index >= 15 is 0 Å². The van der Waals surface area contributed by atoms with Crippen LogP contribution in [0.4, 0.5) is 0 Å². The van der Waals surface area contributed by atoms with Crippen molar-refractivity contribution in [3.63, 3.8) is 0 Å². The molecule has 2 unspecified atom stereocenters. The molecule has 0 aromatic heterocycles. The second-order valence-electron chi connectivity index (χ2n) is 9.25. The molecule has 2 aromatic carbocycles. The molecule has 31 heavy (non-hydrogen) atoms. The van der Waals surface area contributed by atoms with Crippen LogP contribution in [-0.2, 0) is 19.3 Å². The summed E-state index contributed by atoms with van der Waals surface area (Å²) >= 11 is 0. The van der Waals surface area contributed by atoms with Crippen molar-refractivity contribution in [2.45, 2.75) is 83.6 Å². The summed E-state index contributed by atoms with van der Waals surface area (Å²) in [5.74, 6) is 0.391. The largest absolute Gasteiger partial charge is 0.375 e. The van der Waals surface area contributed by atoms with Crippen LogP contribution < -0.4 is 5.73 Å². The zero-order valence-electron chi connectivity index (χ0n) is 19.8. The fraction of sp³-hybridized carbons (Fsp3) is 0.517. The Morgan fingerprint density at radius 1 is 1.00 bits per heavy atom. The highest BCUT2D eigenvalue weighted by Gasteiger charge is 2.28. The van der Waals surface area contributed by atoms with Gasteiger partial charge in [-0.05, 0) is 60.8 Å². The number of allylic oxidation sites excluding steroid dienone is 1. The highest BCUT2D eigenvalue weighted by molar-refractivity contribution is 5.35. The first kappa shape index (κ1) is 23.6. The van der Waals surface area contributed by atoms with Crippen molar-refractivity contribution >= 4 is 0 Å². The Hall–Kier alpha value is -2.06. The average Bonchev–Trinajstić information content (AvgIpc) is 2.81. The molecule has 0 spiro atoms. The molecular formula is C29H42N2. The van der Waals surface area contributed by atoms with Gasteiger partial charge in [0.25, 0.3) is 0 Å². The molecule has 0 radical (unpaired) electrons. The second kappa shape index (κ2) is 12.1. The second-order valence-corrected chi connectivity index (χ2v) is 9.25. The van der Waals surface area contributed by atoms with Crippen LogP contribution in [0.2, 0.25) is 0 Å². The zero-order valence-corrected chi connectivity index (χ0v) is 19.8. The van der Waals surface area contributed by atoms with E-state index in [2.05, 4.69) is 73.9 Å². The predicted molar refractivity (Wildman–Crippen MR) is 134 cm³/mol. The number of hydrogen-bond donors (Lipinski definition) is 1.